The molecule has 0 spiro atoms. The van der Waals surface area contributed by atoms with E-state index in [0.29, 0.717) is 11.1 Å². The molecule has 1 saturated heterocycles. The number of rotatable bonds is 2. The Bertz CT molecular complexity index is 678. The van der Waals surface area contributed by atoms with Gasteiger partial charge in [0.2, 0.25) is 12.2 Å². The highest BCUT2D eigenvalue weighted by atomic mass is 16.6. The number of ether oxygens (including phenoxy) is 2. The molecular weight excluding hydrogens is 268 g/mol. The standard InChI is InChI=1S/C17H14O4/c1-11-7-5-6-10-13(11)15-17(19)20-14(16(18)21-15)12-8-3-2-4-9-12/h2-10,14-15H,1H3. The van der Waals surface area contributed by atoms with Crippen LogP contribution in [0.15, 0.2) is 54.6 Å². The summed E-state index contributed by atoms with van der Waals surface area (Å²) in [5.41, 5.74) is 2.15. The number of aryl methyl sites for hydroxylation is 1. The van der Waals surface area contributed by atoms with E-state index >= 15 is 0 Å². The summed E-state index contributed by atoms with van der Waals surface area (Å²) in [5, 5.41) is 0. The van der Waals surface area contributed by atoms with Gasteiger partial charge in [-0.3, -0.25) is 0 Å². The molecule has 0 aromatic heterocycles. The Balaban J connectivity index is 1.87. The van der Waals surface area contributed by atoms with Gasteiger partial charge in [0.25, 0.3) is 0 Å². The number of hydrogen-bond acceptors (Lipinski definition) is 4. The van der Waals surface area contributed by atoms with Crippen LogP contribution in [0.3, 0.4) is 0 Å². The molecule has 2 aromatic carbocycles. The molecule has 2 unspecified atom stereocenters. The Kier molecular flexibility index (Phi) is 3.44. The van der Waals surface area contributed by atoms with Gasteiger partial charge < -0.3 is 9.47 Å². The summed E-state index contributed by atoms with van der Waals surface area (Å²) < 4.78 is 10.6. The number of carbonyl (C=O) groups excluding carboxylic acids is 2. The monoisotopic (exact) mass is 282 g/mol. The van der Waals surface area contributed by atoms with Gasteiger partial charge in [0.1, 0.15) is 0 Å². The molecule has 21 heavy (non-hydrogen) atoms. The van der Waals surface area contributed by atoms with Gasteiger partial charge in [-0.05, 0) is 12.5 Å². The van der Waals surface area contributed by atoms with Crippen molar-refractivity contribution in [1.82, 2.24) is 0 Å². The van der Waals surface area contributed by atoms with E-state index < -0.39 is 24.1 Å². The van der Waals surface area contributed by atoms with E-state index in [2.05, 4.69) is 0 Å². The Hall–Kier alpha value is -2.62. The second kappa shape index (κ2) is 5.40. The molecule has 0 amide bonds. The molecule has 1 fully saturated rings. The number of hydrogen-bond donors (Lipinski definition) is 0. The Labute approximate surface area is 122 Å². The van der Waals surface area contributed by atoms with Gasteiger partial charge in [-0.25, -0.2) is 9.59 Å². The van der Waals surface area contributed by atoms with E-state index in [1.807, 2.05) is 25.1 Å². The van der Waals surface area contributed by atoms with E-state index in [1.165, 1.54) is 0 Å². The number of cyclic esters (lactones) is 2. The Morgan fingerprint density at radius 3 is 2.05 bits per heavy atom. The molecule has 0 N–H and O–H groups in total. The molecule has 1 aliphatic rings. The normalized spacial score (nSPS) is 21.6. The molecule has 3 rings (SSSR count). The van der Waals surface area contributed by atoms with E-state index in [9.17, 15) is 9.59 Å². The molecule has 0 saturated carbocycles. The van der Waals surface area contributed by atoms with Crippen LogP contribution in [0.5, 0.6) is 0 Å². The third-order valence-electron chi connectivity index (χ3n) is 3.47. The fraction of sp³-hybridized carbons (Fsp3) is 0.176. The van der Waals surface area contributed by atoms with Crippen molar-refractivity contribution in [3.63, 3.8) is 0 Å². The number of esters is 2. The maximum atomic E-state index is 12.2. The predicted octanol–water partition coefficient (Wildman–Crippen LogP) is 2.88. The number of benzene rings is 2. The summed E-state index contributed by atoms with van der Waals surface area (Å²) in [6, 6.07) is 16.1. The molecule has 4 nitrogen and oxygen atoms in total. The molecule has 2 atom stereocenters. The minimum Gasteiger partial charge on any atom is -0.442 e. The van der Waals surface area contributed by atoms with Gasteiger partial charge >= 0.3 is 11.9 Å². The van der Waals surface area contributed by atoms with E-state index in [0.717, 1.165) is 5.56 Å². The first-order chi connectivity index (χ1) is 10.2. The molecular formula is C17H14O4. The second-order valence-electron chi connectivity index (χ2n) is 4.90. The lowest BCUT2D eigenvalue weighted by molar-refractivity contribution is -0.196. The van der Waals surface area contributed by atoms with Crippen molar-refractivity contribution in [1.29, 1.82) is 0 Å². The topological polar surface area (TPSA) is 52.6 Å². The van der Waals surface area contributed by atoms with E-state index in [4.69, 9.17) is 9.47 Å². The quantitative estimate of drug-likeness (QED) is 0.795. The first-order valence-corrected chi connectivity index (χ1v) is 6.68. The van der Waals surface area contributed by atoms with Gasteiger partial charge in [0.05, 0.1) is 0 Å². The van der Waals surface area contributed by atoms with Gasteiger partial charge in [-0.15, -0.1) is 0 Å². The van der Waals surface area contributed by atoms with Crippen molar-refractivity contribution in [2.75, 3.05) is 0 Å². The molecule has 0 radical (unpaired) electrons. The summed E-state index contributed by atoms with van der Waals surface area (Å²) in [4.78, 5) is 24.3. The SMILES string of the molecule is Cc1ccccc1C1OC(=O)C(c2ccccc2)OC1=O. The van der Waals surface area contributed by atoms with Crippen molar-refractivity contribution in [2.45, 2.75) is 19.1 Å². The van der Waals surface area contributed by atoms with Gasteiger partial charge in [-0.1, -0.05) is 54.6 Å². The molecule has 4 heteroatoms. The van der Waals surface area contributed by atoms with Gasteiger partial charge in [0.15, 0.2) is 0 Å². The molecule has 1 heterocycles. The second-order valence-corrected chi connectivity index (χ2v) is 4.90. The summed E-state index contributed by atoms with van der Waals surface area (Å²) in [5.74, 6) is -1.09. The minimum absolute atomic E-state index is 0.544. The zero-order valence-electron chi connectivity index (χ0n) is 11.5. The zero-order chi connectivity index (χ0) is 14.8. The van der Waals surface area contributed by atoms with Crippen LogP contribution >= 0.6 is 0 Å². The molecule has 106 valence electrons. The van der Waals surface area contributed by atoms with Crippen molar-refractivity contribution in [2.24, 2.45) is 0 Å². The van der Waals surface area contributed by atoms with Crippen molar-refractivity contribution in [3.05, 3.63) is 71.3 Å². The Morgan fingerprint density at radius 2 is 1.33 bits per heavy atom. The fourth-order valence-electron chi connectivity index (χ4n) is 2.36. The lowest BCUT2D eigenvalue weighted by Gasteiger charge is -2.28. The summed E-state index contributed by atoms with van der Waals surface area (Å²) in [6.45, 7) is 1.86. The lowest BCUT2D eigenvalue weighted by Crippen LogP contribution is -2.34. The lowest BCUT2D eigenvalue weighted by atomic mass is 10.0. The maximum Gasteiger partial charge on any atom is 0.353 e. The first kappa shape index (κ1) is 13.4. The summed E-state index contributed by atoms with van der Waals surface area (Å²) in [6.07, 6.45) is -1.97. The third-order valence-corrected chi connectivity index (χ3v) is 3.47. The highest BCUT2D eigenvalue weighted by Gasteiger charge is 2.40. The van der Waals surface area contributed by atoms with Crippen LogP contribution in [-0.4, -0.2) is 11.9 Å². The van der Waals surface area contributed by atoms with Crippen molar-refractivity contribution in [3.8, 4) is 0 Å². The average molecular weight is 282 g/mol. The van der Waals surface area contributed by atoms with Crippen molar-refractivity contribution < 1.29 is 19.1 Å². The molecule has 2 aromatic rings. The molecule has 0 aliphatic carbocycles. The molecule has 1 aliphatic heterocycles. The van der Waals surface area contributed by atoms with Crippen LogP contribution in [0.25, 0.3) is 0 Å². The summed E-state index contributed by atoms with van der Waals surface area (Å²) in [7, 11) is 0. The number of carbonyl (C=O) groups is 2. The predicted molar refractivity (Wildman–Crippen MR) is 75.3 cm³/mol. The third kappa shape index (κ3) is 2.52. The van der Waals surface area contributed by atoms with E-state index in [-0.39, 0.29) is 0 Å². The van der Waals surface area contributed by atoms with Crippen LogP contribution in [0.1, 0.15) is 28.9 Å². The smallest absolute Gasteiger partial charge is 0.353 e. The first-order valence-electron chi connectivity index (χ1n) is 6.68. The fourth-order valence-corrected chi connectivity index (χ4v) is 2.36. The minimum atomic E-state index is -0.987. The average Bonchev–Trinajstić information content (AvgIpc) is 2.51. The van der Waals surface area contributed by atoms with Gasteiger partial charge in [-0.2, -0.15) is 0 Å². The largest absolute Gasteiger partial charge is 0.442 e. The van der Waals surface area contributed by atoms with Crippen LogP contribution in [0.4, 0.5) is 0 Å². The van der Waals surface area contributed by atoms with E-state index in [1.54, 1.807) is 36.4 Å². The van der Waals surface area contributed by atoms with Crippen LogP contribution in [0.2, 0.25) is 0 Å². The van der Waals surface area contributed by atoms with Crippen LogP contribution in [-0.2, 0) is 19.1 Å². The summed E-state index contributed by atoms with van der Waals surface area (Å²) >= 11 is 0. The molecule has 0 bridgehead atoms. The van der Waals surface area contributed by atoms with Crippen LogP contribution in [0, 0.1) is 6.92 Å². The van der Waals surface area contributed by atoms with Crippen molar-refractivity contribution >= 4 is 11.9 Å². The zero-order valence-corrected chi connectivity index (χ0v) is 11.5. The highest BCUT2D eigenvalue weighted by Crippen LogP contribution is 2.32. The Morgan fingerprint density at radius 1 is 0.762 bits per heavy atom. The van der Waals surface area contributed by atoms with Gasteiger partial charge in [0, 0.05) is 11.1 Å². The highest BCUT2D eigenvalue weighted by molar-refractivity contribution is 5.89. The van der Waals surface area contributed by atoms with Crippen LogP contribution < -0.4 is 0 Å². The maximum absolute atomic E-state index is 12.2.